The summed E-state index contributed by atoms with van der Waals surface area (Å²) < 4.78 is 0. The molecule has 0 radical (unpaired) electrons. The van der Waals surface area contributed by atoms with E-state index in [1.54, 1.807) is 0 Å². The Morgan fingerprint density at radius 2 is 2.38 bits per heavy atom. The van der Waals surface area contributed by atoms with Crippen LogP contribution in [0, 0.1) is 6.92 Å². The topological polar surface area (TPSA) is 92.0 Å². The van der Waals surface area contributed by atoms with Crippen molar-refractivity contribution in [2.75, 3.05) is 0 Å². The number of aliphatic carboxylic acids is 1. The summed E-state index contributed by atoms with van der Waals surface area (Å²) in [7, 11) is 0. The van der Waals surface area contributed by atoms with Gasteiger partial charge in [0, 0.05) is 0 Å². The lowest BCUT2D eigenvalue weighted by molar-refractivity contribution is -0.138. The fourth-order valence-corrected chi connectivity index (χ4v) is 1.65. The number of rotatable bonds is 3. The van der Waals surface area contributed by atoms with E-state index in [1.165, 1.54) is 0 Å². The second kappa shape index (κ2) is 3.94. The molecule has 0 amide bonds. The third-order valence-electron chi connectivity index (χ3n) is 2.44. The minimum atomic E-state index is -0.985. The minimum absolute atomic E-state index is 0.323. The molecule has 4 N–H and O–H groups in total. The molecule has 1 aromatic heterocycles. The number of aromatic nitrogens is 2. The number of aryl methyl sites for hydroxylation is 1. The third kappa shape index (κ3) is 2.04. The number of fused-ring (bicyclic) bond motifs is 1. The average Bonchev–Trinajstić information content (AvgIpc) is 2.57. The first-order valence-corrected chi connectivity index (χ1v) is 5.00. The number of hydrogen-bond donors (Lipinski definition) is 3. The largest absolute Gasteiger partial charge is 0.480 e. The van der Waals surface area contributed by atoms with Crippen LogP contribution >= 0.6 is 0 Å². The first-order valence-electron chi connectivity index (χ1n) is 5.00. The molecule has 84 valence electrons. The number of hydrogen-bond acceptors (Lipinski definition) is 3. The van der Waals surface area contributed by atoms with E-state index in [1.807, 2.05) is 25.1 Å². The molecule has 16 heavy (non-hydrogen) atoms. The van der Waals surface area contributed by atoms with Gasteiger partial charge in [-0.15, -0.1) is 0 Å². The van der Waals surface area contributed by atoms with Gasteiger partial charge in [0.25, 0.3) is 0 Å². The van der Waals surface area contributed by atoms with Crippen LogP contribution in [0.25, 0.3) is 11.0 Å². The lowest BCUT2D eigenvalue weighted by atomic mass is 10.1. The Morgan fingerprint density at radius 1 is 1.62 bits per heavy atom. The van der Waals surface area contributed by atoms with Crippen LogP contribution in [0.4, 0.5) is 0 Å². The van der Waals surface area contributed by atoms with Gasteiger partial charge in [0.15, 0.2) is 0 Å². The number of H-pyrrole nitrogens is 1. The molecule has 5 nitrogen and oxygen atoms in total. The van der Waals surface area contributed by atoms with Crippen LogP contribution in [0.3, 0.4) is 0 Å². The Bertz CT molecular complexity index is 533. The quantitative estimate of drug-likeness (QED) is 0.712. The summed E-state index contributed by atoms with van der Waals surface area (Å²) in [6.45, 7) is 1.88. The van der Waals surface area contributed by atoms with E-state index in [-0.39, 0.29) is 0 Å². The van der Waals surface area contributed by atoms with Gasteiger partial charge >= 0.3 is 5.97 Å². The van der Waals surface area contributed by atoms with Crippen molar-refractivity contribution in [3.63, 3.8) is 0 Å². The maximum atomic E-state index is 10.6. The molecule has 0 bridgehead atoms. The van der Waals surface area contributed by atoms with E-state index < -0.39 is 12.0 Å². The van der Waals surface area contributed by atoms with Crippen molar-refractivity contribution < 1.29 is 9.90 Å². The third-order valence-corrected chi connectivity index (χ3v) is 2.44. The van der Waals surface area contributed by atoms with Crippen molar-refractivity contribution in [3.05, 3.63) is 29.6 Å². The lowest BCUT2D eigenvalue weighted by Crippen LogP contribution is -2.32. The van der Waals surface area contributed by atoms with Crippen LogP contribution in [0.1, 0.15) is 11.4 Å². The van der Waals surface area contributed by atoms with Crippen LogP contribution in [-0.2, 0) is 11.2 Å². The predicted octanol–water partition coefficient (Wildman–Crippen LogP) is 0.826. The second-order valence-corrected chi connectivity index (χ2v) is 3.82. The number of nitrogens with one attached hydrogen (secondary N) is 1. The van der Waals surface area contributed by atoms with E-state index in [0.717, 1.165) is 22.4 Å². The summed E-state index contributed by atoms with van der Waals surface area (Å²) in [6.07, 6.45) is 0.323. The highest BCUT2D eigenvalue weighted by Crippen LogP contribution is 2.14. The summed E-state index contributed by atoms with van der Waals surface area (Å²) in [5, 5.41) is 8.72. The van der Waals surface area contributed by atoms with Crippen molar-refractivity contribution >= 4 is 17.0 Å². The number of aromatic amines is 1. The summed E-state index contributed by atoms with van der Waals surface area (Å²) in [5.74, 6) is -0.143. The van der Waals surface area contributed by atoms with Crippen LogP contribution < -0.4 is 5.73 Å². The summed E-state index contributed by atoms with van der Waals surface area (Å²) >= 11 is 0. The monoisotopic (exact) mass is 219 g/mol. The van der Waals surface area contributed by atoms with Gasteiger partial charge in [-0.2, -0.15) is 0 Å². The number of nitrogens with two attached hydrogens (primary N) is 1. The standard InChI is InChI=1S/C11H13N3O2/c1-6-13-9-3-2-7(5-10(9)14-6)4-8(12)11(15)16/h2-3,5,8H,4,12H2,1H3,(H,13,14)(H,15,16)/t8-/m0/s1. The zero-order valence-electron chi connectivity index (χ0n) is 8.90. The number of carboxylic acid groups (broad SMARTS) is 1. The zero-order valence-corrected chi connectivity index (χ0v) is 8.90. The van der Waals surface area contributed by atoms with E-state index in [4.69, 9.17) is 10.8 Å². The predicted molar refractivity (Wildman–Crippen MR) is 60.1 cm³/mol. The van der Waals surface area contributed by atoms with E-state index in [2.05, 4.69) is 9.97 Å². The van der Waals surface area contributed by atoms with Gasteiger partial charge in [0.1, 0.15) is 11.9 Å². The molecule has 0 spiro atoms. The summed E-state index contributed by atoms with van der Waals surface area (Å²) in [6, 6.07) is 4.74. The van der Waals surface area contributed by atoms with Gasteiger partial charge in [-0.25, -0.2) is 4.98 Å². The number of nitrogens with zero attached hydrogens (tertiary/aromatic N) is 1. The lowest BCUT2D eigenvalue weighted by Gasteiger charge is -2.05. The molecule has 2 rings (SSSR count). The van der Waals surface area contributed by atoms with Crippen molar-refractivity contribution in [2.45, 2.75) is 19.4 Å². The van der Waals surface area contributed by atoms with Gasteiger partial charge in [0.05, 0.1) is 11.0 Å². The molecular formula is C11H13N3O2. The summed E-state index contributed by atoms with van der Waals surface area (Å²) in [5.41, 5.74) is 8.16. The SMILES string of the molecule is Cc1nc2ccc(C[C@H](N)C(=O)O)cc2[nH]1. The van der Waals surface area contributed by atoms with Gasteiger partial charge in [0.2, 0.25) is 0 Å². The Morgan fingerprint density at radius 3 is 3.06 bits per heavy atom. The first kappa shape index (κ1) is 10.6. The van der Waals surface area contributed by atoms with Crippen LogP contribution in [0.2, 0.25) is 0 Å². The molecule has 0 aliphatic heterocycles. The molecule has 0 aliphatic carbocycles. The molecule has 5 heteroatoms. The Balaban J connectivity index is 2.28. The van der Waals surface area contributed by atoms with Crippen molar-refractivity contribution in [2.24, 2.45) is 5.73 Å². The fourth-order valence-electron chi connectivity index (χ4n) is 1.65. The highest BCUT2D eigenvalue weighted by Gasteiger charge is 2.12. The zero-order chi connectivity index (χ0) is 11.7. The molecule has 1 aromatic carbocycles. The van der Waals surface area contributed by atoms with Crippen LogP contribution in [0.5, 0.6) is 0 Å². The maximum absolute atomic E-state index is 10.6. The minimum Gasteiger partial charge on any atom is -0.480 e. The molecule has 0 saturated carbocycles. The first-order chi connectivity index (χ1) is 7.56. The van der Waals surface area contributed by atoms with Crippen LogP contribution in [-0.4, -0.2) is 27.1 Å². The van der Waals surface area contributed by atoms with E-state index in [0.29, 0.717) is 6.42 Å². The molecule has 0 aliphatic rings. The fraction of sp³-hybridized carbons (Fsp3) is 0.273. The van der Waals surface area contributed by atoms with Crippen molar-refractivity contribution in [3.8, 4) is 0 Å². The van der Waals surface area contributed by atoms with E-state index >= 15 is 0 Å². The Hall–Kier alpha value is -1.88. The smallest absolute Gasteiger partial charge is 0.320 e. The van der Waals surface area contributed by atoms with Crippen molar-refractivity contribution in [1.29, 1.82) is 0 Å². The number of carboxylic acids is 1. The number of imidazole rings is 1. The molecule has 2 aromatic rings. The average molecular weight is 219 g/mol. The molecule has 0 unspecified atom stereocenters. The van der Waals surface area contributed by atoms with Crippen LogP contribution in [0.15, 0.2) is 18.2 Å². The van der Waals surface area contributed by atoms with Crippen molar-refractivity contribution in [1.82, 2.24) is 9.97 Å². The van der Waals surface area contributed by atoms with Gasteiger partial charge in [-0.05, 0) is 31.0 Å². The Kier molecular flexibility index (Phi) is 2.62. The molecule has 1 atom stereocenters. The number of carbonyl (C=O) groups is 1. The highest BCUT2D eigenvalue weighted by atomic mass is 16.4. The highest BCUT2D eigenvalue weighted by molar-refractivity contribution is 5.77. The van der Waals surface area contributed by atoms with Gasteiger partial charge in [-0.3, -0.25) is 4.79 Å². The van der Waals surface area contributed by atoms with E-state index in [9.17, 15) is 4.79 Å². The second-order valence-electron chi connectivity index (χ2n) is 3.82. The number of benzene rings is 1. The van der Waals surface area contributed by atoms with Gasteiger partial charge < -0.3 is 15.8 Å². The maximum Gasteiger partial charge on any atom is 0.320 e. The molecular weight excluding hydrogens is 206 g/mol. The normalized spacial score (nSPS) is 12.9. The van der Waals surface area contributed by atoms with Gasteiger partial charge in [-0.1, -0.05) is 6.07 Å². The summed E-state index contributed by atoms with van der Waals surface area (Å²) in [4.78, 5) is 18.0. The Labute approximate surface area is 92.3 Å². The molecule has 0 saturated heterocycles. The molecule has 0 fully saturated rings. The molecule has 1 heterocycles.